The van der Waals surface area contributed by atoms with Crippen molar-refractivity contribution in [1.82, 2.24) is 5.32 Å². The predicted octanol–water partition coefficient (Wildman–Crippen LogP) is 3.60. The van der Waals surface area contributed by atoms with Crippen molar-refractivity contribution in [3.8, 4) is 0 Å². The van der Waals surface area contributed by atoms with Gasteiger partial charge in [0.05, 0.1) is 0 Å². The lowest BCUT2D eigenvalue weighted by molar-refractivity contribution is -0.120. The minimum absolute atomic E-state index is 0.0299. The summed E-state index contributed by atoms with van der Waals surface area (Å²) in [6, 6.07) is 12.8. The minimum Gasteiger partial charge on any atom is -0.385 e. The Balaban J connectivity index is 1.67. The van der Waals surface area contributed by atoms with Gasteiger partial charge in [-0.25, -0.2) is 4.39 Å². The lowest BCUT2D eigenvalue weighted by Crippen LogP contribution is -2.27. The molecule has 4 heteroatoms. The third kappa shape index (κ3) is 5.40. The molecule has 2 rings (SSSR count). The fourth-order valence-electron chi connectivity index (χ4n) is 2.30. The third-order valence-electron chi connectivity index (χ3n) is 3.86. The molecule has 23 heavy (non-hydrogen) atoms. The van der Waals surface area contributed by atoms with Gasteiger partial charge in [0.2, 0.25) is 5.91 Å². The molecular weight excluding hydrogens is 291 g/mol. The highest BCUT2D eigenvalue weighted by atomic mass is 19.1. The Morgan fingerprint density at radius 1 is 1.04 bits per heavy atom. The fraction of sp³-hybridized carbons (Fsp3) is 0.316. The molecule has 0 heterocycles. The monoisotopic (exact) mass is 314 g/mol. The Hall–Kier alpha value is -2.36. The number of aryl methyl sites for hydroxylation is 2. The maximum Gasteiger partial charge on any atom is 0.221 e. The molecule has 0 aliphatic carbocycles. The Morgan fingerprint density at radius 3 is 2.57 bits per heavy atom. The summed E-state index contributed by atoms with van der Waals surface area (Å²) in [5.41, 5.74) is 4.12. The molecule has 1 amide bonds. The van der Waals surface area contributed by atoms with Crippen LogP contribution < -0.4 is 10.6 Å². The number of carbonyl (C=O) groups is 1. The molecule has 0 bridgehead atoms. The molecule has 0 aliphatic heterocycles. The summed E-state index contributed by atoms with van der Waals surface area (Å²) in [6.45, 7) is 5.16. The van der Waals surface area contributed by atoms with Crippen molar-refractivity contribution in [1.29, 1.82) is 0 Å². The van der Waals surface area contributed by atoms with Crippen LogP contribution in [-0.2, 0) is 11.2 Å². The summed E-state index contributed by atoms with van der Waals surface area (Å²) in [4.78, 5) is 11.8. The second-order valence-electron chi connectivity index (χ2n) is 5.67. The molecule has 2 aromatic rings. The van der Waals surface area contributed by atoms with E-state index in [-0.39, 0.29) is 11.7 Å². The molecule has 0 saturated heterocycles. The molecule has 3 nitrogen and oxygen atoms in total. The molecule has 0 aromatic heterocycles. The smallest absolute Gasteiger partial charge is 0.221 e. The first-order valence-corrected chi connectivity index (χ1v) is 7.87. The van der Waals surface area contributed by atoms with E-state index in [9.17, 15) is 9.18 Å². The lowest BCUT2D eigenvalue weighted by Gasteiger charge is -2.09. The van der Waals surface area contributed by atoms with Gasteiger partial charge in [-0.15, -0.1) is 0 Å². The molecule has 0 unspecified atom stereocenters. The summed E-state index contributed by atoms with van der Waals surface area (Å²) < 4.78 is 13.4. The first kappa shape index (κ1) is 17.0. The Bertz CT molecular complexity index is 670. The zero-order valence-electron chi connectivity index (χ0n) is 13.7. The molecule has 0 atom stereocenters. The minimum atomic E-state index is -0.224. The second kappa shape index (κ2) is 8.32. The van der Waals surface area contributed by atoms with Crippen LogP contribution >= 0.6 is 0 Å². The van der Waals surface area contributed by atoms with Gasteiger partial charge in [-0.3, -0.25) is 4.79 Å². The van der Waals surface area contributed by atoms with Crippen molar-refractivity contribution in [2.45, 2.75) is 26.7 Å². The molecule has 2 aromatic carbocycles. The van der Waals surface area contributed by atoms with Crippen LogP contribution in [0.4, 0.5) is 10.1 Å². The first-order valence-electron chi connectivity index (χ1n) is 7.87. The van der Waals surface area contributed by atoms with Crippen LogP contribution in [0.3, 0.4) is 0 Å². The van der Waals surface area contributed by atoms with E-state index in [0.717, 1.165) is 5.69 Å². The second-order valence-corrected chi connectivity index (χ2v) is 5.67. The summed E-state index contributed by atoms with van der Waals surface area (Å²) in [5.74, 6) is -0.254. The van der Waals surface area contributed by atoms with Gasteiger partial charge in [0, 0.05) is 25.2 Å². The van der Waals surface area contributed by atoms with Gasteiger partial charge in [-0.2, -0.15) is 0 Å². The molecule has 0 spiro atoms. The van der Waals surface area contributed by atoms with Gasteiger partial charge < -0.3 is 10.6 Å². The first-order chi connectivity index (χ1) is 11.1. The zero-order valence-corrected chi connectivity index (χ0v) is 13.7. The molecule has 0 radical (unpaired) electrons. The van der Waals surface area contributed by atoms with Crippen molar-refractivity contribution < 1.29 is 9.18 Å². The number of hydrogen-bond acceptors (Lipinski definition) is 2. The van der Waals surface area contributed by atoms with Crippen LogP contribution in [-0.4, -0.2) is 19.0 Å². The number of halogens is 1. The van der Waals surface area contributed by atoms with Gasteiger partial charge in [-0.05, 0) is 55.2 Å². The number of amides is 1. The maximum absolute atomic E-state index is 13.4. The average Bonchev–Trinajstić information content (AvgIpc) is 2.53. The molecule has 0 fully saturated rings. The summed E-state index contributed by atoms with van der Waals surface area (Å²) in [7, 11) is 0. The summed E-state index contributed by atoms with van der Waals surface area (Å²) in [5, 5.41) is 6.06. The summed E-state index contributed by atoms with van der Waals surface area (Å²) in [6.07, 6.45) is 0.896. The van der Waals surface area contributed by atoms with Crippen LogP contribution in [0.25, 0.3) is 0 Å². The Labute approximate surface area is 136 Å². The van der Waals surface area contributed by atoms with E-state index in [1.807, 2.05) is 6.07 Å². The maximum atomic E-state index is 13.4. The van der Waals surface area contributed by atoms with Crippen molar-refractivity contribution in [2.75, 3.05) is 18.4 Å². The molecule has 2 N–H and O–H groups in total. The molecular formula is C19H23FN2O. The standard InChI is InChI=1S/C19H23FN2O/c1-14-7-8-17(13-15(14)2)21-12-10-19(23)22-11-9-16-5-3-4-6-18(16)20/h3-8,13,21H,9-12H2,1-2H3,(H,22,23). The number of anilines is 1. The van der Waals surface area contributed by atoms with Crippen LogP contribution in [0.1, 0.15) is 23.1 Å². The van der Waals surface area contributed by atoms with Gasteiger partial charge in [0.1, 0.15) is 5.82 Å². The zero-order chi connectivity index (χ0) is 16.7. The molecule has 0 aliphatic rings. The topological polar surface area (TPSA) is 41.1 Å². The highest BCUT2D eigenvalue weighted by Gasteiger charge is 2.04. The Kier molecular flexibility index (Phi) is 6.15. The van der Waals surface area contributed by atoms with E-state index in [1.165, 1.54) is 17.2 Å². The largest absolute Gasteiger partial charge is 0.385 e. The number of rotatable bonds is 7. The predicted molar refractivity (Wildman–Crippen MR) is 92.1 cm³/mol. The average molecular weight is 314 g/mol. The van der Waals surface area contributed by atoms with Gasteiger partial charge in [0.15, 0.2) is 0 Å². The van der Waals surface area contributed by atoms with E-state index in [1.54, 1.807) is 18.2 Å². The lowest BCUT2D eigenvalue weighted by atomic mass is 10.1. The van der Waals surface area contributed by atoms with E-state index >= 15 is 0 Å². The van der Waals surface area contributed by atoms with Crippen LogP contribution in [0.2, 0.25) is 0 Å². The van der Waals surface area contributed by atoms with E-state index in [0.29, 0.717) is 31.5 Å². The van der Waals surface area contributed by atoms with Crippen molar-refractivity contribution >= 4 is 11.6 Å². The Morgan fingerprint density at radius 2 is 1.83 bits per heavy atom. The number of benzene rings is 2. The van der Waals surface area contributed by atoms with Crippen molar-refractivity contribution in [2.24, 2.45) is 0 Å². The van der Waals surface area contributed by atoms with Crippen LogP contribution in [0.5, 0.6) is 0 Å². The third-order valence-corrected chi connectivity index (χ3v) is 3.86. The number of hydrogen-bond donors (Lipinski definition) is 2. The number of carbonyl (C=O) groups excluding carboxylic acids is 1. The molecule has 0 saturated carbocycles. The quantitative estimate of drug-likeness (QED) is 0.820. The fourth-order valence-corrected chi connectivity index (χ4v) is 2.30. The van der Waals surface area contributed by atoms with E-state index in [4.69, 9.17) is 0 Å². The molecule has 122 valence electrons. The van der Waals surface area contributed by atoms with E-state index < -0.39 is 0 Å². The number of nitrogens with one attached hydrogen (secondary N) is 2. The van der Waals surface area contributed by atoms with Gasteiger partial charge in [0.25, 0.3) is 0 Å². The van der Waals surface area contributed by atoms with Gasteiger partial charge in [-0.1, -0.05) is 24.3 Å². The van der Waals surface area contributed by atoms with Crippen LogP contribution in [0, 0.1) is 19.7 Å². The highest BCUT2D eigenvalue weighted by molar-refractivity contribution is 5.76. The summed E-state index contributed by atoms with van der Waals surface area (Å²) >= 11 is 0. The van der Waals surface area contributed by atoms with E-state index in [2.05, 4.69) is 36.6 Å². The van der Waals surface area contributed by atoms with Crippen molar-refractivity contribution in [3.05, 3.63) is 65.0 Å². The highest BCUT2D eigenvalue weighted by Crippen LogP contribution is 2.13. The van der Waals surface area contributed by atoms with Gasteiger partial charge >= 0.3 is 0 Å². The SMILES string of the molecule is Cc1ccc(NCCC(=O)NCCc2ccccc2F)cc1C. The van der Waals surface area contributed by atoms with Crippen LogP contribution in [0.15, 0.2) is 42.5 Å². The normalized spacial score (nSPS) is 10.4. The van der Waals surface area contributed by atoms with Crippen molar-refractivity contribution in [3.63, 3.8) is 0 Å².